The molecule has 1 aliphatic carbocycles. The molecule has 53 heavy (non-hydrogen) atoms. The number of nitrogens with zero attached hydrogens (tertiary/aromatic N) is 6. The maximum absolute atomic E-state index is 14.6. The molecule has 3 aliphatic heterocycles. The molecule has 8 rings (SSSR count). The van der Waals surface area contributed by atoms with Crippen molar-refractivity contribution in [1.82, 2.24) is 35.1 Å². The average molecular weight is 750 g/mol. The summed E-state index contributed by atoms with van der Waals surface area (Å²) in [7, 11) is 1.74. The molecule has 4 aromatic rings. The van der Waals surface area contributed by atoms with Gasteiger partial charge in [0.1, 0.15) is 0 Å². The average Bonchev–Trinajstić information content (AvgIpc) is 3.41. The number of rotatable bonds is 7. The summed E-state index contributed by atoms with van der Waals surface area (Å²) >= 11 is 0. The quantitative estimate of drug-likeness (QED) is 0.196. The number of aromatic nitrogens is 4. The highest BCUT2D eigenvalue weighted by Crippen LogP contribution is 2.49. The largest absolute Gasteiger partial charge is 0.490 e. The van der Waals surface area contributed by atoms with Crippen LogP contribution in [0.5, 0.6) is 0 Å². The molecule has 4 aliphatic rings. The summed E-state index contributed by atoms with van der Waals surface area (Å²) in [5, 5.41) is 20.2. The van der Waals surface area contributed by atoms with Gasteiger partial charge in [0.25, 0.3) is 17.8 Å². The summed E-state index contributed by atoms with van der Waals surface area (Å²) < 4.78 is 89.2. The Hall–Kier alpha value is -5.04. The number of hydrogen-bond donors (Lipinski definition) is 4. The zero-order valence-electron chi connectivity index (χ0n) is 28.2. The topological polar surface area (TPSA) is 140 Å². The number of carboxylic acid groups (broad SMARTS) is 1. The van der Waals surface area contributed by atoms with Crippen LogP contribution in [-0.2, 0) is 17.8 Å². The smallest absolute Gasteiger partial charge is 0.475 e. The number of carboxylic acids is 1. The van der Waals surface area contributed by atoms with Crippen molar-refractivity contribution in [2.75, 3.05) is 50.0 Å². The first-order valence-corrected chi connectivity index (χ1v) is 16.7. The molecule has 1 spiro atoms. The number of hydrogen-bond acceptors (Lipinski definition) is 9. The van der Waals surface area contributed by atoms with Crippen LogP contribution in [0.3, 0.4) is 0 Å². The maximum Gasteiger partial charge on any atom is 0.490 e. The Kier molecular flexibility index (Phi) is 8.99. The van der Waals surface area contributed by atoms with E-state index in [1.165, 1.54) is 10.7 Å². The highest BCUT2D eigenvalue weighted by molar-refractivity contribution is 5.94. The van der Waals surface area contributed by atoms with E-state index in [0.717, 1.165) is 34.5 Å². The Morgan fingerprint density at radius 2 is 1.81 bits per heavy atom. The summed E-state index contributed by atoms with van der Waals surface area (Å²) in [4.78, 5) is 35.0. The third-order valence-electron chi connectivity index (χ3n) is 10.1. The Bertz CT molecular complexity index is 2050. The molecule has 3 aromatic heterocycles. The number of aliphatic carboxylic acids is 1. The molecule has 0 bridgehead atoms. The Morgan fingerprint density at radius 1 is 1.08 bits per heavy atom. The van der Waals surface area contributed by atoms with Gasteiger partial charge in [-0.1, -0.05) is 18.2 Å². The highest BCUT2D eigenvalue weighted by Gasteiger charge is 2.61. The number of pyridine rings is 1. The van der Waals surface area contributed by atoms with Crippen LogP contribution in [0, 0.1) is 5.41 Å². The number of halogens is 7. The van der Waals surface area contributed by atoms with E-state index < -0.39 is 41.4 Å². The zero-order valence-corrected chi connectivity index (χ0v) is 28.2. The van der Waals surface area contributed by atoms with Crippen LogP contribution in [0.4, 0.5) is 47.9 Å². The number of imidazole rings is 1. The fourth-order valence-corrected chi connectivity index (χ4v) is 7.13. The molecule has 1 aromatic carbocycles. The number of likely N-dealkylation sites (tertiary alicyclic amines) is 1. The number of benzene rings is 1. The van der Waals surface area contributed by atoms with E-state index in [2.05, 4.69) is 30.7 Å². The van der Waals surface area contributed by atoms with E-state index in [1.807, 2.05) is 42.6 Å². The molecule has 0 radical (unpaired) electrons. The van der Waals surface area contributed by atoms with Crippen LogP contribution in [0.25, 0.3) is 16.9 Å². The lowest BCUT2D eigenvalue weighted by atomic mass is 9.69. The third-order valence-corrected chi connectivity index (χ3v) is 10.1. The van der Waals surface area contributed by atoms with E-state index in [4.69, 9.17) is 20.0 Å². The van der Waals surface area contributed by atoms with Gasteiger partial charge in [-0.15, -0.1) is 5.10 Å². The number of amides is 1. The second-order valence-corrected chi connectivity index (χ2v) is 13.7. The standard InChI is InChI=1S/C32H33F4N9O.C2HF3O2/c1-37-23-11-27(42-45-25(14-40-28(23)45)29(46)41-26-12-31(26,33)34)44-10-7-21-20(3-2-4-24(21)44)22-6-5-19(13-39-22)15-43-17-30(18-43)8-9-38-16-32(30,35)36;3-2(4,5)1(6)7/h2-6,11,13-14,26,37-38H,7-10,12,15-18H2,1H3,(H,41,46);(H,6,7)/t26-;/m0./s1. The maximum atomic E-state index is 14.6. The molecule has 1 amide bonds. The van der Waals surface area contributed by atoms with Gasteiger partial charge in [0, 0.05) is 63.2 Å². The van der Waals surface area contributed by atoms with Gasteiger partial charge >= 0.3 is 12.1 Å². The third kappa shape index (κ3) is 6.82. The van der Waals surface area contributed by atoms with E-state index in [0.29, 0.717) is 56.3 Å². The number of fused-ring (bicyclic) bond motifs is 2. The Labute approximate surface area is 297 Å². The molecular weight excluding hydrogens is 715 g/mol. The van der Waals surface area contributed by atoms with Crippen LogP contribution in [0.15, 0.2) is 48.8 Å². The van der Waals surface area contributed by atoms with E-state index in [9.17, 15) is 35.5 Å². The lowest BCUT2D eigenvalue weighted by Crippen LogP contribution is -2.69. The van der Waals surface area contributed by atoms with E-state index in [-0.39, 0.29) is 18.7 Å². The second kappa shape index (κ2) is 13.1. The number of piperidine rings is 1. The molecule has 3 fully saturated rings. The summed E-state index contributed by atoms with van der Waals surface area (Å²) in [5.41, 5.74) is 5.05. The summed E-state index contributed by atoms with van der Waals surface area (Å²) in [6, 6.07) is 10.7. The second-order valence-electron chi connectivity index (χ2n) is 13.7. The van der Waals surface area contributed by atoms with Gasteiger partial charge in [-0.25, -0.2) is 31.9 Å². The lowest BCUT2D eigenvalue weighted by molar-refractivity contribution is -0.205. The van der Waals surface area contributed by atoms with Gasteiger partial charge in [0.2, 0.25) is 0 Å². The van der Waals surface area contributed by atoms with Crippen molar-refractivity contribution in [3.8, 4) is 11.3 Å². The normalized spacial score (nSPS) is 21.0. The lowest BCUT2D eigenvalue weighted by Gasteiger charge is -2.56. The minimum absolute atomic E-state index is 0.0753. The molecule has 12 nitrogen and oxygen atoms in total. The highest BCUT2D eigenvalue weighted by atomic mass is 19.4. The Morgan fingerprint density at radius 3 is 2.43 bits per heavy atom. The predicted octanol–water partition coefficient (Wildman–Crippen LogP) is 4.73. The number of carbonyl (C=O) groups is 2. The molecular formula is C34H34F7N9O3. The van der Waals surface area contributed by atoms with Crippen molar-refractivity contribution in [1.29, 1.82) is 0 Å². The zero-order chi connectivity index (χ0) is 37.9. The van der Waals surface area contributed by atoms with Gasteiger partial charge in [-0.3, -0.25) is 14.7 Å². The molecule has 1 atom stereocenters. The molecule has 0 unspecified atom stereocenters. The van der Waals surface area contributed by atoms with Gasteiger partial charge in [-0.05, 0) is 42.6 Å². The summed E-state index contributed by atoms with van der Waals surface area (Å²) in [6.45, 7) is 2.38. The van der Waals surface area contributed by atoms with Gasteiger partial charge in [0.15, 0.2) is 17.2 Å². The van der Waals surface area contributed by atoms with Crippen molar-refractivity contribution in [2.45, 2.75) is 49.9 Å². The van der Waals surface area contributed by atoms with Gasteiger partial charge < -0.3 is 26.0 Å². The molecule has 19 heteroatoms. The van der Waals surface area contributed by atoms with E-state index >= 15 is 0 Å². The SMILES string of the molecule is CNc1cc(N2CCc3c(-c4ccc(CN5CC6(CCNCC6(F)F)C5)cn4)cccc32)nn2c(C(=O)N[C@H]3CC3(F)F)cnc12.O=C(O)C(F)(F)F. The molecule has 2 saturated heterocycles. The number of anilines is 3. The van der Waals surface area contributed by atoms with Gasteiger partial charge in [0.05, 0.1) is 35.6 Å². The van der Waals surface area contributed by atoms with Crippen molar-refractivity contribution >= 4 is 34.7 Å². The van der Waals surface area contributed by atoms with Crippen molar-refractivity contribution < 1.29 is 45.4 Å². The molecule has 6 heterocycles. The summed E-state index contributed by atoms with van der Waals surface area (Å²) in [5.74, 6) is -8.41. The number of carbonyl (C=O) groups excluding carboxylic acids is 1. The van der Waals surface area contributed by atoms with Crippen molar-refractivity contribution in [2.24, 2.45) is 5.41 Å². The molecule has 4 N–H and O–H groups in total. The predicted molar refractivity (Wildman–Crippen MR) is 178 cm³/mol. The van der Waals surface area contributed by atoms with Crippen molar-refractivity contribution in [3.63, 3.8) is 0 Å². The fourth-order valence-electron chi connectivity index (χ4n) is 7.13. The number of alkyl halides is 7. The molecule has 1 saturated carbocycles. The summed E-state index contributed by atoms with van der Waals surface area (Å²) in [6.07, 6.45) is -1.07. The van der Waals surface area contributed by atoms with Crippen LogP contribution in [0.1, 0.15) is 34.5 Å². The first-order valence-electron chi connectivity index (χ1n) is 16.7. The van der Waals surface area contributed by atoms with Crippen molar-refractivity contribution in [3.05, 3.63) is 65.6 Å². The fraction of sp³-hybridized carbons (Fsp3) is 0.441. The van der Waals surface area contributed by atoms with Crippen LogP contribution in [-0.4, -0.2) is 105 Å². The first-order chi connectivity index (χ1) is 25.0. The van der Waals surface area contributed by atoms with Crippen LogP contribution >= 0.6 is 0 Å². The van der Waals surface area contributed by atoms with Crippen LogP contribution < -0.4 is 20.9 Å². The van der Waals surface area contributed by atoms with Crippen LogP contribution in [0.2, 0.25) is 0 Å². The monoisotopic (exact) mass is 749 g/mol. The number of nitrogens with one attached hydrogen (secondary N) is 3. The minimum atomic E-state index is -5.08. The van der Waals surface area contributed by atoms with Gasteiger partial charge in [-0.2, -0.15) is 13.2 Å². The minimum Gasteiger partial charge on any atom is -0.475 e. The first kappa shape index (κ1) is 36.3. The molecule has 282 valence electrons. The van der Waals surface area contributed by atoms with E-state index in [1.54, 1.807) is 7.05 Å². The Balaban J connectivity index is 0.000000568.